The van der Waals surface area contributed by atoms with Gasteiger partial charge in [-0.15, -0.1) is 0 Å². The normalized spacial score (nSPS) is 30.0. The van der Waals surface area contributed by atoms with Crippen LogP contribution < -0.4 is 5.32 Å². The maximum atomic E-state index is 11.6. The molecule has 19 heavy (non-hydrogen) atoms. The molecule has 1 N–H and O–H groups in total. The summed E-state index contributed by atoms with van der Waals surface area (Å²) in [7, 11) is 0. The molecule has 3 unspecified atom stereocenters. The molecule has 2 fully saturated rings. The van der Waals surface area contributed by atoms with E-state index in [1.807, 2.05) is 18.2 Å². The first-order valence-electron chi connectivity index (χ1n) is 7.49. The second kappa shape index (κ2) is 6.85. The molecule has 2 heteroatoms. The van der Waals surface area contributed by atoms with Crippen molar-refractivity contribution < 1.29 is 4.79 Å². The average Bonchev–Trinajstić information content (AvgIpc) is 2.47. The summed E-state index contributed by atoms with van der Waals surface area (Å²) in [5.41, 5.74) is 1.20. The third-order valence-corrected chi connectivity index (χ3v) is 4.37. The molecule has 104 valence electrons. The zero-order valence-corrected chi connectivity index (χ0v) is 12.1. The van der Waals surface area contributed by atoms with Gasteiger partial charge in [0.1, 0.15) is 5.78 Å². The lowest BCUT2D eigenvalue weighted by molar-refractivity contribution is -0.121. The minimum Gasteiger partial charge on any atom is -0.314 e. The first-order valence-corrected chi connectivity index (χ1v) is 7.49. The number of rotatable bonds is 1. The Labute approximate surface area is 116 Å². The Balaban J connectivity index is 0.000000186. The van der Waals surface area contributed by atoms with E-state index in [0.717, 1.165) is 31.2 Å². The molecule has 1 heterocycles. The summed E-state index contributed by atoms with van der Waals surface area (Å²) in [6.07, 6.45) is 4.11. The predicted molar refractivity (Wildman–Crippen MR) is 79.3 cm³/mol. The van der Waals surface area contributed by atoms with E-state index in [0.29, 0.717) is 5.78 Å². The van der Waals surface area contributed by atoms with Crippen molar-refractivity contribution >= 4 is 5.78 Å². The van der Waals surface area contributed by atoms with E-state index in [1.54, 1.807) is 0 Å². The van der Waals surface area contributed by atoms with E-state index >= 15 is 0 Å². The molecule has 1 aromatic carbocycles. The van der Waals surface area contributed by atoms with Crippen molar-refractivity contribution in [3.8, 4) is 0 Å². The molecule has 1 saturated heterocycles. The Kier molecular flexibility index (Phi) is 5.15. The summed E-state index contributed by atoms with van der Waals surface area (Å²) in [4.78, 5) is 11.6. The van der Waals surface area contributed by atoms with E-state index in [2.05, 4.69) is 31.3 Å². The van der Waals surface area contributed by atoms with Gasteiger partial charge in [-0.3, -0.25) is 4.79 Å². The smallest absolute Gasteiger partial charge is 0.140 e. The van der Waals surface area contributed by atoms with Crippen LogP contribution in [0.25, 0.3) is 0 Å². The summed E-state index contributed by atoms with van der Waals surface area (Å²) in [6.45, 7) is 5.70. The van der Waals surface area contributed by atoms with E-state index in [4.69, 9.17) is 0 Å². The molecule has 0 radical (unpaired) electrons. The van der Waals surface area contributed by atoms with Crippen LogP contribution >= 0.6 is 0 Å². The van der Waals surface area contributed by atoms with Crippen LogP contribution in [0.3, 0.4) is 0 Å². The quantitative estimate of drug-likeness (QED) is 0.836. The van der Waals surface area contributed by atoms with Gasteiger partial charge in [-0.1, -0.05) is 43.7 Å². The van der Waals surface area contributed by atoms with Crippen molar-refractivity contribution in [3.63, 3.8) is 0 Å². The van der Waals surface area contributed by atoms with E-state index in [-0.39, 0.29) is 5.92 Å². The summed E-state index contributed by atoms with van der Waals surface area (Å²) in [6, 6.07) is 10.9. The standard InChI is InChI=1S/C12H14O.C5H11N/c13-12-9-5-4-8-11(12)10-6-2-1-3-7-10;1-4-3-6-5(4)2/h1-3,6-7,11H,4-5,8-9H2;4-6H,3H2,1-2H3. The molecule has 3 atom stereocenters. The number of hydrogen-bond donors (Lipinski definition) is 1. The number of nitrogens with one attached hydrogen (secondary N) is 1. The first-order chi connectivity index (χ1) is 9.18. The number of Topliss-reactive ketones (excluding diaryl/α,β-unsaturated/α-hetero) is 1. The van der Waals surface area contributed by atoms with Gasteiger partial charge in [0, 0.05) is 18.4 Å². The number of carbonyl (C=O) groups excluding carboxylic acids is 1. The van der Waals surface area contributed by atoms with Crippen LogP contribution in [0.2, 0.25) is 0 Å². The van der Waals surface area contributed by atoms with E-state index < -0.39 is 0 Å². The molecule has 0 aromatic heterocycles. The Morgan fingerprint density at radius 3 is 2.26 bits per heavy atom. The molecule has 2 aliphatic rings. The molecule has 1 aromatic rings. The number of carbonyl (C=O) groups is 1. The Morgan fingerprint density at radius 1 is 1.11 bits per heavy atom. The summed E-state index contributed by atoms with van der Waals surface area (Å²) in [5, 5.41) is 3.26. The molecule has 1 aliphatic heterocycles. The maximum Gasteiger partial charge on any atom is 0.140 e. The van der Waals surface area contributed by atoms with Crippen LogP contribution in [0.1, 0.15) is 51.0 Å². The number of hydrogen-bond acceptors (Lipinski definition) is 2. The van der Waals surface area contributed by atoms with Crippen molar-refractivity contribution in [2.45, 2.75) is 51.5 Å². The van der Waals surface area contributed by atoms with Crippen molar-refractivity contribution in [2.75, 3.05) is 6.54 Å². The van der Waals surface area contributed by atoms with E-state index in [1.165, 1.54) is 18.5 Å². The maximum absolute atomic E-state index is 11.6. The zero-order chi connectivity index (χ0) is 13.7. The van der Waals surface area contributed by atoms with Crippen molar-refractivity contribution in [1.29, 1.82) is 0 Å². The molecule has 3 rings (SSSR count). The van der Waals surface area contributed by atoms with Gasteiger partial charge in [0.05, 0.1) is 0 Å². The first kappa shape index (κ1) is 14.3. The van der Waals surface area contributed by atoms with Gasteiger partial charge >= 0.3 is 0 Å². The van der Waals surface area contributed by atoms with Crippen molar-refractivity contribution in [2.24, 2.45) is 5.92 Å². The van der Waals surface area contributed by atoms with Crippen molar-refractivity contribution in [3.05, 3.63) is 35.9 Å². The summed E-state index contributed by atoms with van der Waals surface area (Å²) >= 11 is 0. The lowest BCUT2D eigenvalue weighted by Crippen LogP contribution is -2.49. The van der Waals surface area contributed by atoms with Gasteiger partial charge in [-0.25, -0.2) is 0 Å². The predicted octanol–water partition coefficient (Wildman–Crippen LogP) is 3.53. The van der Waals surface area contributed by atoms with Crippen LogP contribution in [-0.2, 0) is 4.79 Å². The molecule has 1 aliphatic carbocycles. The van der Waals surface area contributed by atoms with Crippen LogP contribution in [0, 0.1) is 5.92 Å². The summed E-state index contributed by atoms with van der Waals surface area (Å²) < 4.78 is 0. The topological polar surface area (TPSA) is 29.1 Å². The SMILES string of the molecule is CC1CNC1C.O=C1CCCCC1c1ccccc1. The highest BCUT2D eigenvalue weighted by Gasteiger charge is 2.23. The molecule has 2 nitrogen and oxygen atoms in total. The number of benzene rings is 1. The molecule has 0 spiro atoms. The average molecular weight is 259 g/mol. The fraction of sp³-hybridized carbons (Fsp3) is 0.588. The largest absolute Gasteiger partial charge is 0.314 e. The van der Waals surface area contributed by atoms with Gasteiger partial charge in [0.15, 0.2) is 0 Å². The highest BCUT2D eigenvalue weighted by atomic mass is 16.1. The second-order valence-electron chi connectivity index (χ2n) is 5.85. The van der Waals surface area contributed by atoms with Crippen LogP contribution in [-0.4, -0.2) is 18.4 Å². The monoisotopic (exact) mass is 259 g/mol. The summed E-state index contributed by atoms with van der Waals surface area (Å²) in [5.74, 6) is 1.54. The van der Waals surface area contributed by atoms with Gasteiger partial charge in [0.25, 0.3) is 0 Å². The minimum atomic E-state index is 0.190. The van der Waals surface area contributed by atoms with Gasteiger partial charge in [-0.2, -0.15) is 0 Å². The van der Waals surface area contributed by atoms with Gasteiger partial charge in [-0.05, 0) is 37.8 Å². The molecule has 0 amide bonds. The van der Waals surface area contributed by atoms with Gasteiger partial charge in [0.2, 0.25) is 0 Å². The lowest BCUT2D eigenvalue weighted by atomic mass is 9.83. The molecule has 0 bridgehead atoms. The van der Waals surface area contributed by atoms with Crippen LogP contribution in [0.5, 0.6) is 0 Å². The van der Waals surface area contributed by atoms with Crippen molar-refractivity contribution in [1.82, 2.24) is 5.32 Å². The second-order valence-corrected chi connectivity index (χ2v) is 5.85. The fourth-order valence-electron chi connectivity index (χ4n) is 2.61. The Bertz CT molecular complexity index is 393. The zero-order valence-electron chi connectivity index (χ0n) is 12.1. The molecule has 1 saturated carbocycles. The highest BCUT2D eigenvalue weighted by molar-refractivity contribution is 5.86. The molecular weight excluding hydrogens is 234 g/mol. The fourth-order valence-corrected chi connectivity index (χ4v) is 2.61. The lowest BCUT2D eigenvalue weighted by Gasteiger charge is -2.31. The third kappa shape index (κ3) is 3.90. The third-order valence-electron chi connectivity index (χ3n) is 4.37. The Morgan fingerprint density at radius 2 is 1.79 bits per heavy atom. The number of ketones is 1. The minimum absolute atomic E-state index is 0.190. The highest BCUT2D eigenvalue weighted by Crippen LogP contribution is 2.29. The van der Waals surface area contributed by atoms with Gasteiger partial charge < -0.3 is 5.32 Å². The van der Waals surface area contributed by atoms with E-state index in [9.17, 15) is 4.79 Å². The molecular formula is C17H25NO. The van der Waals surface area contributed by atoms with Crippen LogP contribution in [0.15, 0.2) is 30.3 Å². The Hall–Kier alpha value is -1.15. The van der Waals surface area contributed by atoms with Crippen LogP contribution in [0.4, 0.5) is 0 Å².